The number of nitrogens with zero attached hydrogens (tertiary/aromatic N) is 1. The third kappa shape index (κ3) is 3.05. The molecular formula is C15H28N2O. The summed E-state index contributed by atoms with van der Waals surface area (Å²) in [4.78, 5) is 14.2. The largest absolute Gasteiger partial charge is 0.343 e. The lowest BCUT2D eigenvalue weighted by Crippen LogP contribution is -2.51. The smallest absolute Gasteiger partial charge is 0.224 e. The number of rotatable bonds is 3. The highest BCUT2D eigenvalue weighted by atomic mass is 16.2. The molecule has 2 saturated carbocycles. The van der Waals surface area contributed by atoms with Crippen LogP contribution in [0.1, 0.15) is 65.2 Å². The molecule has 18 heavy (non-hydrogen) atoms. The summed E-state index contributed by atoms with van der Waals surface area (Å²) in [5.74, 6) is 0.252. The fourth-order valence-corrected chi connectivity index (χ4v) is 3.21. The lowest BCUT2D eigenvalue weighted by molar-refractivity contribution is -0.135. The molecule has 0 aliphatic heterocycles. The van der Waals surface area contributed by atoms with Gasteiger partial charge >= 0.3 is 0 Å². The molecule has 0 bridgehead atoms. The van der Waals surface area contributed by atoms with Gasteiger partial charge in [-0.1, -0.05) is 13.8 Å². The maximum absolute atomic E-state index is 12.3. The van der Waals surface area contributed by atoms with Crippen molar-refractivity contribution in [2.24, 2.45) is 11.1 Å². The van der Waals surface area contributed by atoms with Gasteiger partial charge in [-0.2, -0.15) is 0 Å². The van der Waals surface area contributed by atoms with Gasteiger partial charge in [-0.15, -0.1) is 0 Å². The van der Waals surface area contributed by atoms with E-state index in [-0.39, 0.29) is 11.4 Å². The van der Waals surface area contributed by atoms with E-state index in [1.54, 1.807) is 0 Å². The topological polar surface area (TPSA) is 46.3 Å². The monoisotopic (exact) mass is 252 g/mol. The molecule has 2 aliphatic carbocycles. The number of carbonyl (C=O) groups is 1. The van der Waals surface area contributed by atoms with Crippen molar-refractivity contribution in [2.75, 3.05) is 7.05 Å². The van der Waals surface area contributed by atoms with Crippen LogP contribution in [-0.4, -0.2) is 29.4 Å². The van der Waals surface area contributed by atoms with Crippen LogP contribution >= 0.6 is 0 Å². The Balaban J connectivity index is 1.83. The van der Waals surface area contributed by atoms with Crippen LogP contribution in [0.4, 0.5) is 0 Å². The Morgan fingerprint density at radius 1 is 1.22 bits per heavy atom. The fraction of sp³-hybridized carbons (Fsp3) is 0.933. The minimum absolute atomic E-state index is 0.181. The summed E-state index contributed by atoms with van der Waals surface area (Å²) in [5.41, 5.74) is 6.45. The van der Waals surface area contributed by atoms with Gasteiger partial charge in [0.1, 0.15) is 0 Å². The Morgan fingerprint density at radius 2 is 1.78 bits per heavy atom. The summed E-state index contributed by atoms with van der Waals surface area (Å²) in [5, 5.41) is 0. The van der Waals surface area contributed by atoms with Crippen molar-refractivity contribution in [3.63, 3.8) is 0 Å². The normalized spacial score (nSPS) is 26.4. The lowest BCUT2D eigenvalue weighted by Gasteiger charge is -2.42. The maximum Gasteiger partial charge on any atom is 0.224 e. The first-order chi connectivity index (χ1) is 8.31. The summed E-state index contributed by atoms with van der Waals surface area (Å²) in [6, 6.07) is 0.439. The van der Waals surface area contributed by atoms with Crippen LogP contribution in [-0.2, 0) is 4.79 Å². The SMILES string of the molecule is CN(C(=O)CC1(N)CCC1)C1CCC(C)(C)CC1. The average Bonchev–Trinajstić information content (AvgIpc) is 2.26. The van der Waals surface area contributed by atoms with E-state index in [2.05, 4.69) is 13.8 Å². The highest BCUT2D eigenvalue weighted by Crippen LogP contribution is 2.37. The number of hydrogen-bond acceptors (Lipinski definition) is 2. The van der Waals surface area contributed by atoms with E-state index in [0.717, 1.165) is 25.7 Å². The zero-order valence-electron chi connectivity index (χ0n) is 12.2. The van der Waals surface area contributed by atoms with Crippen molar-refractivity contribution in [2.45, 2.75) is 76.8 Å². The minimum Gasteiger partial charge on any atom is -0.343 e. The molecule has 104 valence electrons. The number of carbonyl (C=O) groups excluding carboxylic acids is 1. The van der Waals surface area contributed by atoms with Crippen molar-refractivity contribution < 1.29 is 4.79 Å². The second kappa shape index (κ2) is 4.84. The molecule has 0 saturated heterocycles. The Morgan fingerprint density at radius 3 is 2.22 bits per heavy atom. The van der Waals surface area contributed by atoms with Gasteiger partial charge in [0.05, 0.1) is 0 Å². The van der Waals surface area contributed by atoms with Crippen LogP contribution in [0.2, 0.25) is 0 Å². The molecule has 0 heterocycles. The average molecular weight is 252 g/mol. The highest BCUT2D eigenvalue weighted by molar-refractivity contribution is 5.77. The van der Waals surface area contributed by atoms with Crippen LogP contribution in [0.3, 0.4) is 0 Å². The van der Waals surface area contributed by atoms with Crippen molar-refractivity contribution in [1.29, 1.82) is 0 Å². The Bertz CT molecular complexity index is 310. The van der Waals surface area contributed by atoms with Crippen molar-refractivity contribution >= 4 is 5.91 Å². The molecule has 0 aromatic carbocycles. The molecule has 2 fully saturated rings. The van der Waals surface area contributed by atoms with Gasteiger partial charge < -0.3 is 10.6 Å². The molecule has 0 spiro atoms. The molecule has 3 heteroatoms. The van der Waals surface area contributed by atoms with Gasteiger partial charge in [-0.3, -0.25) is 4.79 Å². The molecule has 0 radical (unpaired) electrons. The first kappa shape index (κ1) is 13.9. The second-order valence-electron chi connectivity index (χ2n) is 7.29. The molecule has 2 rings (SSSR count). The van der Waals surface area contributed by atoms with Gasteiger partial charge in [0, 0.05) is 25.0 Å². The Labute approximate surface area is 111 Å². The van der Waals surface area contributed by atoms with Gasteiger partial charge in [0.25, 0.3) is 0 Å². The Hall–Kier alpha value is -0.570. The molecule has 3 nitrogen and oxygen atoms in total. The van der Waals surface area contributed by atoms with E-state index in [9.17, 15) is 4.79 Å². The molecule has 0 aromatic rings. The minimum atomic E-state index is -0.181. The van der Waals surface area contributed by atoms with Gasteiger partial charge in [-0.05, 0) is 50.4 Å². The van der Waals surface area contributed by atoms with E-state index < -0.39 is 0 Å². The van der Waals surface area contributed by atoms with Gasteiger partial charge in [0.2, 0.25) is 5.91 Å². The summed E-state index contributed by atoms with van der Waals surface area (Å²) in [6.07, 6.45) is 8.51. The third-order valence-electron chi connectivity index (χ3n) is 5.10. The van der Waals surface area contributed by atoms with Crippen molar-refractivity contribution in [3.05, 3.63) is 0 Å². The van der Waals surface area contributed by atoms with Crippen LogP contribution < -0.4 is 5.73 Å². The van der Waals surface area contributed by atoms with Gasteiger partial charge in [-0.25, -0.2) is 0 Å². The van der Waals surface area contributed by atoms with Crippen LogP contribution in [0.25, 0.3) is 0 Å². The molecule has 0 aromatic heterocycles. The summed E-state index contributed by atoms with van der Waals surface area (Å²) in [7, 11) is 1.97. The zero-order valence-corrected chi connectivity index (χ0v) is 12.2. The number of nitrogens with two attached hydrogens (primary N) is 1. The van der Waals surface area contributed by atoms with Crippen LogP contribution in [0.15, 0.2) is 0 Å². The highest BCUT2D eigenvalue weighted by Gasteiger charge is 2.37. The zero-order chi connectivity index (χ0) is 13.4. The number of amides is 1. The first-order valence-electron chi connectivity index (χ1n) is 7.36. The molecule has 0 unspecified atom stereocenters. The van der Waals surface area contributed by atoms with Crippen LogP contribution in [0.5, 0.6) is 0 Å². The van der Waals surface area contributed by atoms with Crippen molar-refractivity contribution in [3.8, 4) is 0 Å². The van der Waals surface area contributed by atoms with Crippen molar-refractivity contribution in [1.82, 2.24) is 4.90 Å². The maximum atomic E-state index is 12.3. The van der Waals surface area contributed by atoms with E-state index in [1.807, 2.05) is 11.9 Å². The van der Waals surface area contributed by atoms with E-state index >= 15 is 0 Å². The molecule has 2 N–H and O–H groups in total. The van der Waals surface area contributed by atoms with Crippen LogP contribution in [0, 0.1) is 5.41 Å². The lowest BCUT2D eigenvalue weighted by atomic mass is 9.74. The standard InChI is InChI=1S/C15H28N2O/c1-14(2)9-5-12(6-10-14)17(3)13(18)11-15(16)7-4-8-15/h12H,4-11,16H2,1-3H3. The van der Waals surface area contributed by atoms with E-state index in [4.69, 9.17) is 5.73 Å². The summed E-state index contributed by atoms with van der Waals surface area (Å²) >= 11 is 0. The molecule has 0 atom stereocenters. The fourth-order valence-electron chi connectivity index (χ4n) is 3.21. The van der Waals surface area contributed by atoms with E-state index in [0.29, 0.717) is 17.9 Å². The third-order valence-corrected chi connectivity index (χ3v) is 5.10. The quantitative estimate of drug-likeness (QED) is 0.839. The second-order valence-corrected chi connectivity index (χ2v) is 7.29. The van der Waals surface area contributed by atoms with Gasteiger partial charge in [0.15, 0.2) is 0 Å². The molecule has 2 aliphatic rings. The Kier molecular flexibility index (Phi) is 3.72. The molecule has 1 amide bonds. The predicted molar refractivity (Wildman–Crippen MR) is 74.2 cm³/mol. The first-order valence-corrected chi connectivity index (χ1v) is 7.36. The molecular weight excluding hydrogens is 224 g/mol. The summed E-state index contributed by atoms with van der Waals surface area (Å²) in [6.45, 7) is 4.66. The summed E-state index contributed by atoms with van der Waals surface area (Å²) < 4.78 is 0. The number of hydrogen-bond donors (Lipinski definition) is 1. The van der Waals surface area contributed by atoms with E-state index in [1.165, 1.54) is 19.3 Å². The predicted octanol–water partition coefficient (Wildman–Crippen LogP) is 2.69.